The van der Waals surface area contributed by atoms with E-state index in [1.54, 1.807) is 17.0 Å². The molecule has 0 spiro atoms. The highest BCUT2D eigenvalue weighted by molar-refractivity contribution is 5.78. The summed E-state index contributed by atoms with van der Waals surface area (Å²) in [6, 6.07) is 5.90. The Morgan fingerprint density at radius 3 is 2.42 bits per heavy atom. The second kappa shape index (κ2) is 6.10. The Morgan fingerprint density at radius 2 is 1.84 bits per heavy atom. The van der Waals surface area contributed by atoms with Crippen molar-refractivity contribution in [2.24, 2.45) is 0 Å². The highest BCUT2D eigenvalue weighted by Gasteiger charge is 2.30. The Labute approximate surface area is 110 Å². The van der Waals surface area contributed by atoms with Crippen LogP contribution in [0.2, 0.25) is 0 Å². The van der Waals surface area contributed by atoms with Gasteiger partial charge in [-0.1, -0.05) is 12.1 Å². The largest absolute Gasteiger partial charge is 0.389 e. The third-order valence-electron chi connectivity index (χ3n) is 3.10. The molecule has 1 aromatic rings. The van der Waals surface area contributed by atoms with E-state index in [2.05, 4.69) is 5.32 Å². The van der Waals surface area contributed by atoms with Crippen molar-refractivity contribution < 1.29 is 19.4 Å². The highest BCUT2D eigenvalue weighted by Crippen LogP contribution is 2.09. The predicted molar refractivity (Wildman–Crippen MR) is 66.7 cm³/mol. The predicted octanol–water partition coefficient (Wildman–Crippen LogP) is -0.521. The summed E-state index contributed by atoms with van der Waals surface area (Å²) < 4.78 is 12.7. The van der Waals surface area contributed by atoms with Gasteiger partial charge in [0.2, 0.25) is 5.91 Å². The van der Waals surface area contributed by atoms with E-state index in [0.717, 1.165) is 5.56 Å². The van der Waals surface area contributed by atoms with E-state index in [4.69, 9.17) is 0 Å². The van der Waals surface area contributed by atoms with Gasteiger partial charge in [0.05, 0.1) is 18.8 Å². The van der Waals surface area contributed by atoms with E-state index in [1.807, 2.05) is 0 Å². The second-order valence-electron chi connectivity index (χ2n) is 4.73. The summed E-state index contributed by atoms with van der Waals surface area (Å²) in [6.07, 6.45) is -1.57. The first-order valence-corrected chi connectivity index (χ1v) is 6.14. The van der Waals surface area contributed by atoms with Crippen LogP contribution in [0.1, 0.15) is 5.56 Å². The van der Waals surface area contributed by atoms with Crippen LogP contribution in [-0.2, 0) is 11.3 Å². The van der Waals surface area contributed by atoms with Crippen molar-refractivity contribution in [3.05, 3.63) is 35.6 Å². The van der Waals surface area contributed by atoms with Crippen LogP contribution in [-0.4, -0.2) is 52.9 Å². The molecule has 1 aliphatic rings. The standard InChI is InChI=1S/C13H17FN2O3/c14-10-3-1-9(2-4-10)5-15-13(19)8-16-6-11(17)12(18)7-16/h1-4,11-12,17-18H,5-8H2,(H,15,19). The van der Waals surface area contributed by atoms with Crippen LogP contribution >= 0.6 is 0 Å². The van der Waals surface area contributed by atoms with E-state index >= 15 is 0 Å². The maximum absolute atomic E-state index is 12.7. The number of hydrogen-bond acceptors (Lipinski definition) is 4. The van der Waals surface area contributed by atoms with Crippen molar-refractivity contribution >= 4 is 5.91 Å². The number of halogens is 1. The van der Waals surface area contributed by atoms with Crippen molar-refractivity contribution in [2.75, 3.05) is 19.6 Å². The summed E-state index contributed by atoms with van der Waals surface area (Å²) in [5, 5.41) is 21.4. The number of nitrogens with zero attached hydrogens (tertiary/aromatic N) is 1. The average molecular weight is 268 g/mol. The summed E-state index contributed by atoms with van der Waals surface area (Å²) in [4.78, 5) is 13.4. The normalized spacial score (nSPS) is 23.5. The van der Waals surface area contributed by atoms with Crippen molar-refractivity contribution in [3.63, 3.8) is 0 Å². The van der Waals surface area contributed by atoms with Gasteiger partial charge in [-0.3, -0.25) is 9.69 Å². The molecule has 0 aliphatic carbocycles. The number of nitrogens with one attached hydrogen (secondary N) is 1. The molecule has 19 heavy (non-hydrogen) atoms. The minimum Gasteiger partial charge on any atom is -0.389 e. The molecule has 2 atom stereocenters. The number of rotatable bonds is 4. The van der Waals surface area contributed by atoms with Gasteiger partial charge in [-0.25, -0.2) is 4.39 Å². The molecule has 1 aromatic carbocycles. The van der Waals surface area contributed by atoms with Crippen molar-refractivity contribution in [1.29, 1.82) is 0 Å². The molecule has 0 saturated carbocycles. The van der Waals surface area contributed by atoms with Gasteiger partial charge in [0.15, 0.2) is 0 Å². The number of carbonyl (C=O) groups is 1. The Bertz CT molecular complexity index is 428. The van der Waals surface area contributed by atoms with Crippen LogP contribution in [0, 0.1) is 5.82 Å². The molecule has 1 aliphatic heterocycles. The third-order valence-corrected chi connectivity index (χ3v) is 3.10. The van der Waals surface area contributed by atoms with Gasteiger partial charge in [0.25, 0.3) is 0 Å². The summed E-state index contributed by atoms with van der Waals surface area (Å²) in [5.74, 6) is -0.499. The van der Waals surface area contributed by atoms with E-state index in [0.29, 0.717) is 19.6 Å². The number of aliphatic hydroxyl groups is 2. The number of benzene rings is 1. The molecular weight excluding hydrogens is 251 g/mol. The second-order valence-corrected chi connectivity index (χ2v) is 4.73. The quantitative estimate of drug-likeness (QED) is 0.687. The van der Waals surface area contributed by atoms with Crippen LogP contribution in [0.3, 0.4) is 0 Å². The lowest BCUT2D eigenvalue weighted by atomic mass is 10.2. The zero-order valence-corrected chi connectivity index (χ0v) is 10.4. The van der Waals surface area contributed by atoms with Gasteiger partial charge >= 0.3 is 0 Å². The smallest absolute Gasteiger partial charge is 0.234 e. The van der Waals surface area contributed by atoms with Gasteiger partial charge < -0.3 is 15.5 Å². The van der Waals surface area contributed by atoms with Crippen LogP contribution in [0.5, 0.6) is 0 Å². The maximum Gasteiger partial charge on any atom is 0.234 e. The molecular formula is C13H17FN2O3. The lowest BCUT2D eigenvalue weighted by Crippen LogP contribution is -2.36. The van der Waals surface area contributed by atoms with Crippen LogP contribution < -0.4 is 5.32 Å². The van der Waals surface area contributed by atoms with Gasteiger partial charge in [0, 0.05) is 19.6 Å². The molecule has 2 rings (SSSR count). The van der Waals surface area contributed by atoms with Gasteiger partial charge in [-0.05, 0) is 17.7 Å². The topological polar surface area (TPSA) is 72.8 Å². The third kappa shape index (κ3) is 3.99. The van der Waals surface area contributed by atoms with Gasteiger partial charge in [-0.15, -0.1) is 0 Å². The Kier molecular flexibility index (Phi) is 4.47. The minimum atomic E-state index is -0.787. The highest BCUT2D eigenvalue weighted by atomic mass is 19.1. The number of β-amino-alcohol motifs (C(OH)–C–C–N with tert-alkyl or cyclic N) is 2. The lowest BCUT2D eigenvalue weighted by molar-refractivity contribution is -0.122. The summed E-state index contributed by atoms with van der Waals surface area (Å²) in [6.45, 7) is 1.06. The molecule has 6 heteroatoms. The fraction of sp³-hybridized carbons (Fsp3) is 0.462. The Hall–Kier alpha value is -1.50. The molecule has 2 unspecified atom stereocenters. The van der Waals surface area contributed by atoms with E-state index in [1.165, 1.54) is 12.1 Å². The number of likely N-dealkylation sites (tertiary alicyclic amines) is 1. The number of hydrogen-bond donors (Lipinski definition) is 3. The Morgan fingerprint density at radius 1 is 1.26 bits per heavy atom. The molecule has 104 valence electrons. The molecule has 0 bridgehead atoms. The monoisotopic (exact) mass is 268 g/mol. The molecule has 3 N–H and O–H groups in total. The summed E-state index contributed by atoms with van der Waals surface area (Å²) in [7, 11) is 0. The fourth-order valence-electron chi connectivity index (χ4n) is 2.04. The van der Waals surface area contributed by atoms with Crippen LogP contribution in [0.4, 0.5) is 4.39 Å². The molecule has 1 saturated heterocycles. The van der Waals surface area contributed by atoms with Crippen molar-refractivity contribution in [3.8, 4) is 0 Å². The molecule has 0 radical (unpaired) electrons. The van der Waals surface area contributed by atoms with Gasteiger partial charge in [-0.2, -0.15) is 0 Å². The zero-order chi connectivity index (χ0) is 13.8. The van der Waals surface area contributed by atoms with E-state index in [-0.39, 0.29) is 18.3 Å². The fourth-order valence-corrected chi connectivity index (χ4v) is 2.04. The molecule has 1 fully saturated rings. The van der Waals surface area contributed by atoms with E-state index < -0.39 is 12.2 Å². The van der Waals surface area contributed by atoms with Crippen molar-refractivity contribution in [1.82, 2.24) is 10.2 Å². The SMILES string of the molecule is O=C(CN1CC(O)C(O)C1)NCc1ccc(F)cc1. The van der Waals surface area contributed by atoms with E-state index in [9.17, 15) is 19.4 Å². The molecule has 1 heterocycles. The zero-order valence-electron chi connectivity index (χ0n) is 10.4. The summed E-state index contributed by atoms with van der Waals surface area (Å²) >= 11 is 0. The lowest BCUT2D eigenvalue weighted by Gasteiger charge is -2.14. The van der Waals surface area contributed by atoms with Crippen LogP contribution in [0.15, 0.2) is 24.3 Å². The van der Waals surface area contributed by atoms with Crippen LogP contribution in [0.25, 0.3) is 0 Å². The van der Waals surface area contributed by atoms with Gasteiger partial charge in [0.1, 0.15) is 5.82 Å². The number of amides is 1. The molecule has 5 nitrogen and oxygen atoms in total. The minimum absolute atomic E-state index is 0.134. The summed E-state index contributed by atoms with van der Waals surface area (Å²) in [5.41, 5.74) is 0.816. The maximum atomic E-state index is 12.7. The number of aliphatic hydroxyl groups excluding tert-OH is 2. The van der Waals surface area contributed by atoms with Crippen molar-refractivity contribution in [2.45, 2.75) is 18.8 Å². The first-order valence-electron chi connectivity index (χ1n) is 6.14. The first-order chi connectivity index (χ1) is 9.04. The molecule has 0 aromatic heterocycles. The first kappa shape index (κ1) is 13.9. The molecule has 1 amide bonds. The average Bonchev–Trinajstić information content (AvgIpc) is 2.67. The number of carbonyl (C=O) groups excluding carboxylic acids is 1. The Balaban J connectivity index is 1.74.